The second-order valence-corrected chi connectivity index (χ2v) is 5.56. The van der Waals surface area contributed by atoms with Crippen molar-refractivity contribution in [3.05, 3.63) is 23.8 Å². The zero-order valence-electron chi connectivity index (χ0n) is 11.8. The Morgan fingerprint density at radius 2 is 2.05 bits per heavy atom. The number of nitrogens with one attached hydrogen (secondary N) is 1. The van der Waals surface area contributed by atoms with Gasteiger partial charge < -0.3 is 14.8 Å². The fourth-order valence-corrected chi connectivity index (χ4v) is 3.06. The molecule has 2 aliphatic rings. The molecule has 20 heavy (non-hydrogen) atoms. The SMILES string of the molecule is CC(NC1CCCC1C#N)c1ccc2c(c1)OCCO2. The molecule has 0 spiro atoms. The largest absolute Gasteiger partial charge is 0.486 e. The van der Waals surface area contributed by atoms with Crippen LogP contribution in [0, 0.1) is 17.2 Å². The van der Waals surface area contributed by atoms with Crippen LogP contribution >= 0.6 is 0 Å². The van der Waals surface area contributed by atoms with Crippen LogP contribution < -0.4 is 14.8 Å². The lowest BCUT2D eigenvalue weighted by atomic mass is 10.0. The molecule has 4 heteroatoms. The van der Waals surface area contributed by atoms with Crippen LogP contribution in [0.15, 0.2) is 18.2 Å². The van der Waals surface area contributed by atoms with Gasteiger partial charge in [-0.15, -0.1) is 0 Å². The third-order valence-corrected chi connectivity index (χ3v) is 4.21. The summed E-state index contributed by atoms with van der Waals surface area (Å²) in [5, 5.41) is 12.7. The summed E-state index contributed by atoms with van der Waals surface area (Å²) in [5.74, 6) is 1.79. The molecule has 1 aromatic rings. The maximum absolute atomic E-state index is 9.15. The molecule has 3 rings (SSSR count). The van der Waals surface area contributed by atoms with Crippen LogP contribution in [0.2, 0.25) is 0 Å². The Morgan fingerprint density at radius 1 is 1.25 bits per heavy atom. The highest BCUT2D eigenvalue weighted by Crippen LogP contribution is 2.33. The number of nitriles is 1. The van der Waals surface area contributed by atoms with Crippen LogP contribution in [0.1, 0.15) is 37.8 Å². The molecule has 1 N–H and O–H groups in total. The van der Waals surface area contributed by atoms with E-state index in [1.807, 2.05) is 12.1 Å². The Hall–Kier alpha value is -1.73. The monoisotopic (exact) mass is 272 g/mol. The van der Waals surface area contributed by atoms with E-state index in [1.54, 1.807) is 0 Å². The molecule has 1 heterocycles. The second-order valence-electron chi connectivity index (χ2n) is 5.56. The molecule has 1 aromatic carbocycles. The Bertz CT molecular complexity index is 524. The molecule has 3 unspecified atom stereocenters. The van der Waals surface area contributed by atoms with E-state index in [-0.39, 0.29) is 12.0 Å². The van der Waals surface area contributed by atoms with Crippen LogP contribution in [-0.4, -0.2) is 19.3 Å². The average Bonchev–Trinajstić information content (AvgIpc) is 2.94. The maximum atomic E-state index is 9.15. The van der Waals surface area contributed by atoms with Crippen molar-refractivity contribution in [1.82, 2.24) is 5.32 Å². The third-order valence-electron chi connectivity index (χ3n) is 4.21. The van der Waals surface area contributed by atoms with Crippen LogP contribution in [0.5, 0.6) is 11.5 Å². The van der Waals surface area contributed by atoms with Crippen molar-refractivity contribution in [2.24, 2.45) is 5.92 Å². The van der Waals surface area contributed by atoms with Gasteiger partial charge in [-0.25, -0.2) is 0 Å². The highest BCUT2D eigenvalue weighted by molar-refractivity contribution is 5.44. The number of rotatable bonds is 3. The van der Waals surface area contributed by atoms with Crippen LogP contribution in [0.4, 0.5) is 0 Å². The third kappa shape index (κ3) is 2.59. The smallest absolute Gasteiger partial charge is 0.161 e. The van der Waals surface area contributed by atoms with Crippen LogP contribution in [-0.2, 0) is 0 Å². The number of nitrogens with zero attached hydrogens (tertiary/aromatic N) is 1. The van der Waals surface area contributed by atoms with E-state index in [0.717, 1.165) is 30.8 Å². The molecule has 3 atom stereocenters. The predicted molar refractivity (Wildman–Crippen MR) is 75.7 cm³/mol. The second kappa shape index (κ2) is 5.72. The minimum Gasteiger partial charge on any atom is -0.486 e. The highest BCUT2D eigenvalue weighted by Gasteiger charge is 2.28. The van der Waals surface area contributed by atoms with Gasteiger partial charge in [0.25, 0.3) is 0 Å². The summed E-state index contributed by atoms with van der Waals surface area (Å²) in [6, 6.07) is 9.02. The number of fused-ring (bicyclic) bond motifs is 1. The first-order valence-corrected chi connectivity index (χ1v) is 7.33. The zero-order valence-corrected chi connectivity index (χ0v) is 11.8. The summed E-state index contributed by atoms with van der Waals surface area (Å²) in [5.41, 5.74) is 1.18. The van der Waals surface area contributed by atoms with Crippen molar-refractivity contribution in [3.63, 3.8) is 0 Å². The van der Waals surface area contributed by atoms with E-state index in [4.69, 9.17) is 14.7 Å². The normalized spacial score (nSPS) is 26.0. The molecule has 4 nitrogen and oxygen atoms in total. The molecule has 106 valence electrons. The van der Waals surface area contributed by atoms with Gasteiger partial charge in [0.15, 0.2) is 11.5 Å². The number of hydrogen-bond donors (Lipinski definition) is 1. The van der Waals surface area contributed by atoms with Gasteiger partial charge in [-0.2, -0.15) is 5.26 Å². The Morgan fingerprint density at radius 3 is 2.85 bits per heavy atom. The van der Waals surface area contributed by atoms with Crippen molar-refractivity contribution in [2.45, 2.75) is 38.3 Å². The summed E-state index contributed by atoms with van der Waals surface area (Å²) in [7, 11) is 0. The molecular weight excluding hydrogens is 252 g/mol. The maximum Gasteiger partial charge on any atom is 0.161 e. The van der Waals surface area contributed by atoms with Gasteiger partial charge in [0.2, 0.25) is 0 Å². The fraction of sp³-hybridized carbons (Fsp3) is 0.562. The van der Waals surface area contributed by atoms with E-state index in [2.05, 4.69) is 24.4 Å². The lowest BCUT2D eigenvalue weighted by Crippen LogP contribution is -2.34. The van der Waals surface area contributed by atoms with E-state index < -0.39 is 0 Å². The minimum absolute atomic E-state index is 0.148. The predicted octanol–water partition coefficient (Wildman–Crippen LogP) is 2.80. The molecule has 0 bridgehead atoms. The van der Waals surface area contributed by atoms with Crippen molar-refractivity contribution < 1.29 is 9.47 Å². The summed E-state index contributed by atoms with van der Waals surface area (Å²) in [6.45, 7) is 3.36. The van der Waals surface area contributed by atoms with Gasteiger partial charge in [0.05, 0.1) is 12.0 Å². The molecule has 0 amide bonds. The first kappa shape index (κ1) is 13.3. The molecule has 0 radical (unpaired) electrons. The van der Waals surface area contributed by atoms with Gasteiger partial charge in [0, 0.05) is 12.1 Å². The number of ether oxygens (including phenoxy) is 2. The Balaban J connectivity index is 1.71. The summed E-state index contributed by atoms with van der Waals surface area (Å²) < 4.78 is 11.2. The van der Waals surface area contributed by atoms with E-state index >= 15 is 0 Å². The minimum atomic E-state index is 0.148. The van der Waals surface area contributed by atoms with Crippen molar-refractivity contribution >= 4 is 0 Å². The first-order chi connectivity index (χ1) is 9.78. The summed E-state index contributed by atoms with van der Waals surface area (Å²) >= 11 is 0. The van der Waals surface area contributed by atoms with Gasteiger partial charge in [-0.1, -0.05) is 12.5 Å². The molecule has 1 fully saturated rings. The highest BCUT2D eigenvalue weighted by atomic mass is 16.6. The van der Waals surface area contributed by atoms with E-state index in [1.165, 1.54) is 5.56 Å². The van der Waals surface area contributed by atoms with Gasteiger partial charge in [-0.05, 0) is 37.5 Å². The number of hydrogen-bond acceptors (Lipinski definition) is 4. The van der Waals surface area contributed by atoms with Gasteiger partial charge in [0.1, 0.15) is 13.2 Å². The van der Waals surface area contributed by atoms with Gasteiger partial charge >= 0.3 is 0 Å². The topological polar surface area (TPSA) is 54.3 Å². The van der Waals surface area contributed by atoms with E-state index in [9.17, 15) is 0 Å². The first-order valence-electron chi connectivity index (χ1n) is 7.33. The van der Waals surface area contributed by atoms with Crippen molar-refractivity contribution in [3.8, 4) is 17.6 Å². The summed E-state index contributed by atoms with van der Waals surface area (Å²) in [6.07, 6.45) is 3.25. The molecule has 1 aliphatic carbocycles. The molecule has 0 aromatic heterocycles. The fourth-order valence-electron chi connectivity index (χ4n) is 3.06. The molecule has 1 saturated carbocycles. The zero-order chi connectivity index (χ0) is 13.9. The van der Waals surface area contributed by atoms with Crippen molar-refractivity contribution in [1.29, 1.82) is 5.26 Å². The van der Waals surface area contributed by atoms with Crippen LogP contribution in [0.25, 0.3) is 0 Å². The quantitative estimate of drug-likeness (QED) is 0.919. The lowest BCUT2D eigenvalue weighted by molar-refractivity contribution is 0.171. The van der Waals surface area contributed by atoms with Crippen molar-refractivity contribution in [2.75, 3.05) is 13.2 Å². The Labute approximate surface area is 119 Å². The molecule has 1 aliphatic heterocycles. The van der Waals surface area contributed by atoms with E-state index in [0.29, 0.717) is 19.3 Å². The molecular formula is C16H20N2O2. The Kier molecular flexibility index (Phi) is 3.79. The lowest BCUT2D eigenvalue weighted by Gasteiger charge is -2.24. The molecule has 0 saturated heterocycles. The number of benzene rings is 1. The van der Waals surface area contributed by atoms with Gasteiger partial charge in [-0.3, -0.25) is 0 Å². The van der Waals surface area contributed by atoms with Crippen LogP contribution in [0.3, 0.4) is 0 Å². The summed E-state index contributed by atoms with van der Waals surface area (Å²) in [4.78, 5) is 0. The average molecular weight is 272 g/mol. The standard InChI is InChI=1S/C16H20N2O2/c1-11(18-14-4-2-3-13(14)10-17)12-5-6-15-16(9-12)20-8-7-19-15/h5-6,9,11,13-14,18H,2-4,7-8H2,1H3.